The molecule has 4 aromatic carbocycles. The second-order valence-corrected chi connectivity index (χ2v) is 16.6. The molecule has 220 valence electrons. The lowest BCUT2D eigenvalue weighted by molar-refractivity contribution is 0.330. The summed E-state index contributed by atoms with van der Waals surface area (Å²) in [7, 11) is 0. The van der Waals surface area contributed by atoms with Crippen LogP contribution in [0.5, 0.6) is 11.5 Å². The Morgan fingerprint density at radius 3 is 1.86 bits per heavy atom. The second kappa shape index (κ2) is 9.04. The predicted molar refractivity (Wildman–Crippen MR) is 185 cm³/mol. The molecule has 2 aliphatic heterocycles. The number of benzene rings is 4. The summed E-state index contributed by atoms with van der Waals surface area (Å²) in [5, 5.41) is 0. The molecule has 43 heavy (non-hydrogen) atoms. The Morgan fingerprint density at radius 2 is 1.23 bits per heavy atom. The van der Waals surface area contributed by atoms with Gasteiger partial charge in [-0.2, -0.15) is 0 Å². The van der Waals surface area contributed by atoms with E-state index in [1.807, 2.05) is 0 Å². The van der Waals surface area contributed by atoms with E-state index in [2.05, 4.69) is 147 Å². The molecule has 3 heteroatoms. The minimum Gasteiger partial charge on any atom is -0.458 e. The molecule has 2 heterocycles. The number of hydrogen-bond donors (Lipinski definition) is 0. The lowest BCUT2D eigenvalue weighted by atomic mass is 9.33. The molecule has 0 N–H and O–H groups in total. The van der Waals surface area contributed by atoms with Crippen LogP contribution in [0.25, 0.3) is 0 Å². The van der Waals surface area contributed by atoms with Crippen LogP contribution in [-0.2, 0) is 21.7 Å². The van der Waals surface area contributed by atoms with Crippen molar-refractivity contribution in [2.24, 2.45) is 0 Å². The highest BCUT2D eigenvalue weighted by molar-refractivity contribution is 6.99. The van der Waals surface area contributed by atoms with E-state index in [1.54, 1.807) is 0 Å². The van der Waals surface area contributed by atoms with Gasteiger partial charge in [0, 0.05) is 17.1 Å². The maximum atomic E-state index is 6.89. The van der Waals surface area contributed by atoms with E-state index in [-0.39, 0.29) is 28.4 Å². The van der Waals surface area contributed by atoms with Crippen LogP contribution in [0.1, 0.15) is 104 Å². The first-order valence-corrected chi connectivity index (χ1v) is 16.1. The maximum Gasteiger partial charge on any atom is 0.256 e. The molecule has 3 aliphatic rings. The van der Waals surface area contributed by atoms with E-state index in [4.69, 9.17) is 4.74 Å². The molecular weight excluding hydrogens is 521 g/mol. The Labute approximate surface area is 259 Å². The number of ether oxygens (including phenoxy) is 1. The smallest absolute Gasteiger partial charge is 0.256 e. The van der Waals surface area contributed by atoms with Crippen molar-refractivity contribution in [2.45, 2.75) is 104 Å². The van der Waals surface area contributed by atoms with Gasteiger partial charge in [0.15, 0.2) is 0 Å². The molecule has 2 nitrogen and oxygen atoms in total. The Hall–Kier alpha value is -3.46. The summed E-state index contributed by atoms with van der Waals surface area (Å²) in [5.41, 5.74) is 13.7. The van der Waals surface area contributed by atoms with Gasteiger partial charge in [-0.1, -0.05) is 106 Å². The number of fused-ring (bicyclic) bond motifs is 5. The van der Waals surface area contributed by atoms with Gasteiger partial charge in [0.1, 0.15) is 11.5 Å². The Balaban J connectivity index is 1.50. The topological polar surface area (TPSA) is 12.5 Å². The number of anilines is 3. The average molecular weight is 568 g/mol. The SMILES string of the molecule is CC(C)(C)c1ccc(N2c3ccc(C(C)(C)C)cc3B3c4cc5c(cc4Oc4cccc2c43)C(C)(C)CCC5(C)C)cc1. The Morgan fingerprint density at radius 1 is 0.628 bits per heavy atom. The first-order valence-electron chi connectivity index (χ1n) is 16.1. The molecule has 0 saturated heterocycles. The summed E-state index contributed by atoms with van der Waals surface area (Å²) in [6.07, 6.45) is 2.39. The van der Waals surface area contributed by atoms with Crippen molar-refractivity contribution in [1.29, 1.82) is 0 Å². The van der Waals surface area contributed by atoms with Gasteiger partial charge in [-0.05, 0) is 110 Å². The van der Waals surface area contributed by atoms with Gasteiger partial charge in [0.05, 0.1) is 0 Å². The van der Waals surface area contributed by atoms with Gasteiger partial charge < -0.3 is 9.64 Å². The zero-order chi connectivity index (χ0) is 30.7. The van der Waals surface area contributed by atoms with Crippen molar-refractivity contribution in [3.8, 4) is 11.5 Å². The number of nitrogens with zero attached hydrogens (tertiary/aromatic N) is 1. The molecule has 0 aromatic heterocycles. The standard InChI is InChI=1S/C40H46BNO/c1-37(2,3)25-14-17-27(18-15-25)42-32-19-16-26(38(4,5)6)22-30(32)41-31-23-28-29(40(9,10)21-20-39(28,7)8)24-35(31)43-34-13-11-12-33(42)36(34)41/h11-19,22-24H,20-21H2,1-10H3. The van der Waals surface area contributed by atoms with Crippen LogP contribution in [-0.4, -0.2) is 6.71 Å². The summed E-state index contributed by atoms with van der Waals surface area (Å²) in [4.78, 5) is 2.46. The van der Waals surface area contributed by atoms with Gasteiger partial charge in [0.2, 0.25) is 0 Å². The lowest BCUT2D eigenvalue weighted by Gasteiger charge is -2.44. The molecule has 0 atom stereocenters. The van der Waals surface area contributed by atoms with Gasteiger partial charge in [-0.15, -0.1) is 0 Å². The third-order valence-electron chi connectivity index (χ3n) is 10.5. The van der Waals surface area contributed by atoms with E-state index in [0.29, 0.717) is 0 Å². The van der Waals surface area contributed by atoms with Gasteiger partial charge in [-0.3, -0.25) is 0 Å². The molecule has 7 rings (SSSR count). The van der Waals surface area contributed by atoms with Crippen molar-refractivity contribution in [1.82, 2.24) is 0 Å². The summed E-state index contributed by atoms with van der Waals surface area (Å²) in [6.45, 7) is 23.5. The minimum absolute atomic E-state index is 0.0455. The van der Waals surface area contributed by atoms with Gasteiger partial charge in [-0.25, -0.2) is 0 Å². The molecule has 4 aromatic rings. The highest BCUT2D eigenvalue weighted by atomic mass is 16.5. The normalized spacial score (nSPS) is 17.8. The first-order chi connectivity index (χ1) is 20.1. The molecule has 1 aliphatic carbocycles. The van der Waals surface area contributed by atoms with Gasteiger partial charge in [0.25, 0.3) is 6.71 Å². The summed E-state index contributed by atoms with van der Waals surface area (Å²) in [5.74, 6) is 2.00. The van der Waals surface area contributed by atoms with E-state index >= 15 is 0 Å². The van der Waals surface area contributed by atoms with Crippen molar-refractivity contribution in [2.75, 3.05) is 4.90 Å². The zero-order valence-electron chi connectivity index (χ0n) is 27.8. The highest BCUT2D eigenvalue weighted by Crippen LogP contribution is 2.48. The minimum atomic E-state index is 0.0455. The molecule has 0 unspecified atom stereocenters. The largest absolute Gasteiger partial charge is 0.458 e. The highest BCUT2D eigenvalue weighted by Gasteiger charge is 2.45. The van der Waals surface area contributed by atoms with Crippen molar-refractivity contribution in [3.05, 3.63) is 95.1 Å². The van der Waals surface area contributed by atoms with Crippen molar-refractivity contribution < 1.29 is 4.74 Å². The van der Waals surface area contributed by atoms with Crippen LogP contribution in [0, 0.1) is 0 Å². The fraction of sp³-hybridized carbons (Fsp3) is 0.400. The van der Waals surface area contributed by atoms with E-state index in [1.165, 1.54) is 68.5 Å². The van der Waals surface area contributed by atoms with Crippen molar-refractivity contribution in [3.63, 3.8) is 0 Å². The van der Waals surface area contributed by atoms with E-state index < -0.39 is 0 Å². The van der Waals surface area contributed by atoms with Crippen LogP contribution in [0.2, 0.25) is 0 Å². The fourth-order valence-electron chi connectivity index (χ4n) is 7.60. The second-order valence-electron chi connectivity index (χ2n) is 16.6. The molecule has 0 bridgehead atoms. The Kier molecular flexibility index (Phi) is 5.95. The molecule has 0 radical (unpaired) electrons. The molecule has 0 fully saturated rings. The van der Waals surface area contributed by atoms with Crippen LogP contribution in [0.15, 0.2) is 72.8 Å². The monoisotopic (exact) mass is 567 g/mol. The van der Waals surface area contributed by atoms with E-state index in [0.717, 1.165) is 11.5 Å². The third-order valence-corrected chi connectivity index (χ3v) is 10.5. The lowest BCUT2D eigenvalue weighted by Crippen LogP contribution is -2.60. The van der Waals surface area contributed by atoms with E-state index in [9.17, 15) is 0 Å². The number of hydrogen-bond acceptors (Lipinski definition) is 2. The maximum absolute atomic E-state index is 6.89. The number of rotatable bonds is 1. The molecule has 0 spiro atoms. The van der Waals surface area contributed by atoms with Crippen LogP contribution < -0.4 is 26.0 Å². The molecule has 0 amide bonds. The fourth-order valence-corrected chi connectivity index (χ4v) is 7.60. The van der Waals surface area contributed by atoms with Crippen LogP contribution in [0.4, 0.5) is 17.1 Å². The zero-order valence-corrected chi connectivity index (χ0v) is 27.8. The Bertz CT molecular complexity index is 1760. The average Bonchev–Trinajstić information content (AvgIpc) is 2.94. The third kappa shape index (κ3) is 4.37. The van der Waals surface area contributed by atoms with Crippen LogP contribution in [0.3, 0.4) is 0 Å². The molecule has 0 saturated carbocycles. The quantitative estimate of drug-likeness (QED) is 0.184. The van der Waals surface area contributed by atoms with Crippen molar-refractivity contribution >= 4 is 40.2 Å². The summed E-state index contributed by atoms with van der Waals surface area (Å²) < 4.78 is 6.89. The molecular formula is C40H46BNO. The summed E-state index contributed by atoms with van der Waals surface area (Å²) in [6, 6.07) is 27.9. The van der Waals surface area contributed by atoms with Gasteiger partial charge >= 0.3 is 0 Å². The van der Waals surface area contributed by atoms with Crippen LogP contribution >= 0.6 is 0 Å². The first kappa shape index (κ1) is 28.3. The summed E-state index contributed by atoms with van der Waals surface area (Å²) >= 11 is 0. The predicted octanol–water partition coefficient (Wildman–Crippen LogP) is 9.04.